The van der Waals surface area contributed by atoms with Gasteiger partial charge in [0.2, 0.25) is 0 Å². The van der Waals surface area contributed by atoms with Crippen LogP contribution in [0, 0.1) is 17.8 Å². The molecule has 3 rings (SSSR count). The molecular formula is C14H24N2O2. The number of nitrogens with zero attached hydrogens (tertiary/aromatic N) is 1. The van der Waals surface area contributed by atoms with Gasteiger partial charge in [-0.3, -0.25) is 0 Å². The number of rotatable bonds is 3. The number of carbonyl (C=O) groups excluding carboxylic acids is 1. The predicted octanol–water partition coefficient (Wildman–Crippen LogP) is 1.59. The lowest BCUT2D eigenvalue weighted by atomic mass is 9.96. The highest BCUT2D eigenvalue weighted by Crippen LogP contribution is 2.44. The van der Waals surface area contributed by atoms with Crippen LogP contribution in [0.5, 0.6) is 0 Å². The molecule has 0 aromatic rings. The van der Waals surface area contributed by atoms with Gasteiger partial charge in [0.15, 0.2) is 0 Å². The molecule has 2 aliphatic carbocycles. The largest absolute Gasteiger partial charge is 0.391 e. The van der Waals surface area contributed by atoms with Crippen molar-refractivity contribution >= 4 is 6.03 Å². The molecule has 102 valence electrons. The number of urea groups is 1. The van der Waals surface area contributed by atoms with Crippen molar-refractivity contribution in [3.05, 3.63) is 0 Å². The minimum atomic E-state index is -0.357. The van der Waals surface area contributed by atoms with E-state index in [2.05, 4.69) is 12.2 Å². The van der Waals surface area contributed by atoms with E-state index in [4.69, 9.17) is 0 Å². The van der Waals surface area contributed by atoms with E-state index < -0.39 is 0 Å². The maximum Gasteiger partial charge on any atom is 0.317 e. The summed E-state index contributed by atoms with van der Waals surface area (Å²) in [7, 11) is 0. The standard InChI is InChI=1S/C14H24N2O2/c1-9-6-7-16(8-12(9)17)14(18)15-13(10-2-3-10)11-4-5-11/h9-13,17H,2-8H2,1H3,(H,15,18). The van der Waals surface area contributed by atoms with Crippen molar-refractivity contribution in [3.8, 4) is 0 Å². The number of likely N-dealkylation sites (tertiary alicyclic amines) is 1. The molecule has 1 heterocycles. The number of aliphatic hydroxyl groups is 1. The van der Waals surface area contributed by atoms with Gasteiger partial charge in [0, 0.05) is 19.1 Å². The maximum absolute atomic E-state index is 12.2. The van der Waals surface area contributed by atoms with Gasteiger partial charge < -0.3 is 15.3 Å². The van der Waals surface area contributed by atoms with Crippen molar-refractivity contribution < 1.29 is 9.90 Å². The third kappa shape index (κ3) is 2.63. The summed E-state index contributed by atoms with van der Waals surface area (Å²) in [5.74, 6) is 1.78. The lowest BCUT2D eigenvalue weighted by Crippen LogP contribution is -2.52. The van der Waals surface area contributed by atoms with Gasteiger partial charge in [-0.15, -0.1) is 0 Å². The van der Waals surface area contributed by atoms with Crippen molar-refractivity contribution in [1.82, 2.24) is 10.2 Å². The second-order valence-electron chi connectivity index (χ2n) is 6.43. The Morgan fingerprint density at radius 1 is 1.22 bits per heavy atom. The number of β-amino-alcohol motifs (C(OH)–C–C–N with tert-alkyl or cyclic N) is 1. The fourth-order valence-electron chi connectivity index (χ4n) is 3.00. The zero-order valence-electron chi connectivity index (χ0n) is 11.1. The normalized spacial score (nSPS) is 32.7. The highest BCUT2D eigenvalue weighted by Gasteiger charge is 2.43. The topological polar surface area (TPSA) is 52.6 Å². The minimum Gasteiger partial charge on any atom is -0.391 e. The Hall–Kier alpha value is -0.770. The molecule has 3 fully saturated rings. The van der Waals surface area contributed by atoms with Crippen LogP contribution in [0.3, 0.4) is 0 Å². The predicted molar refractivity (Wildman–Crippen MR) is 69.1 cm³/mol. The number of hydrogen-bond donors (Lipinski definition) is 2. The second-order valence-corrected chi connectivity index (χ2v) is 6.43. The van der Waals surface area contributed by atoms with Gasteiger partial charge in [-0.05, 0) is 49.9 Å². The van der Waals surface area contributed by atoms with Crippen LogP contribution in [0.25, 0.3) is 0 Å². The van der Waals surface area contributed by atoms with E-state index in [1.54, 1.807) is 4.90 Å². The van der Waals surface area contributed by atoms with E-state index in [9.17, 15) is 9.90 Å². The first kappa shape index (κ1) is 12.3. The fraction of sp³-hybridized carbons (Fsp3) is 0.929. The highest BCUT2D eigenvalue weighted by atomic mass is 16.3. The summed E-state index contributed by atoms with van der Waals surface area (Å²) in [4.78, 5) is 14.0. The smallest absolute Gasteiger partial charge is 0.317 e. The van der Waals surface area contributed by atoms with Gasteiger partial charge >= 0.3 is 6.03 Å². The second kappa shape index (κ2) is 4.72. The Labute approximate surface area is 109 Å². The van der Waals surface area contributed by atoms with Crippen LogP contribution < -0.4 is 5.32 Å². The first-order valence-electron chi connectivity index (χ1n) is 7.38. The van der Waals surface area contributed by atoms with Crippen molar-refractivity contribution in [2.24, 2.45) is 17.8 Å². The van der Waals surface area contributed by atoms with Gasteiger partial charge in [-0.25, -0.2) is 4.79 Å². The molecule has 2 N–H and O–H groups in total. The number of hydrogen-bond acceptors (Lipinski definition) is 2. The van der Waals surface area contributed by atoms with Crippen molar-refractivity contribution in [3.63, 3.8) is 0 Å². The molecule has 0 aromatic carbocycles. The highest BCUT2D eigenvalue weighted by molar-refractivity contribution is 5.74. The summed E-state index contributed by atoms with van der Waals surface area (Å²) in [6.07, 6.45) is 5.67. The fourth-order valence-corrected chi connectivity index (χ4v) is 3.00. The number of carbonyl (C=O) groups is 1. The lowest BCUT2D eigenvalue weighted by molar-refractivity contribution is 0.0426. The van der Waals surface area contributed by atoms with Gasteiger partial charge in [0.1, 0.15) is 0 Å². The number of piperidine rings is 1. The van der Waals surface area contributed by atoms with Crippen LogP contribution in [0.2, 0.25) is 0 Å². The summed E-state index contributed by atoms with van der Waals surface area (Å²) >= 11 is 0. The Kier molecular flexibility index (Phi) is 3.22. The molecule has 3 aliphatic rings. The summed E-state index contributed by atoms with van der Waals surface area (Å²) < 4.78 is 0. The van der Waals surface area contributed by atoms with Crippen molar-refractivity contribution in [2.45, 2.75) is 51.2 Å². The van der Waals surface area contributed by atoms with Gasteiger partial charge in [-0.1, -0.05) is 6.92 Å². The molecule has 4 nitrogen and oxygen atoms in total. The van der Waals surface area contributed by atoms with E-state index in [1.165, 1.54) is 25.7 Å². The number of nitrogens with one attached hydrogen (secondary N) is 1. The average Bonchev–Trinajstić information content (AvgIpc) is 3.22. The quantitative estimate of drug-likeness (QED) is 0.801. The number of amides is 2. The molecule has 1 saturated heterocycles. The SMILES string of the molecule is CC1CCN(C(=O)NC(C2CC2)C2CC2)CC1O. The lowest BCUT2D eigenvalue weighted by Gasteiger charge is -2.35. The van der Waals surface area contributed by atoms with E-state index in [0.29, 0.717) is 18.5 Å². The average molecular weight is 252 g/mol. The summed E-state index contributed by atoms with van der Waals surface area (Å²) in [5, 5.41) is 13.1. The third-order valence-electron chi connectivity index (χ3n) is 4.76. The molecule has 0 radical (unpaired) electrons. The Morgan fingerprint density at radius 3 is 2.33 bits per heavy atom. The number of aliphatic hydroxyl groups excluding tert-OH is 1. The molecule has 2 atom stereocenters. The minimum absolute atomic E-state index is 0.0461. The molecule has 0 spiro atoms. The van der Waals surface area contributed by atoms with Gasteiger partial charge in [0.05, 0.1) is 6.10 Å². The Bertz CT molecular complexity index is 314. The first-order valence-corrected chi connectivity index (χ1v) is 7.38. The van der Waals surface area contributed by atoms with Crippen LogP contribution in [-0.2, 0) is 0 Å². The monoisotopic (exact) mass is 252 g/mol. The van der Waals surface area contributed by atoms with Crippen LogP contribution >= 0.6 is 0 Å². The Balaban J connectivity index is 1.54. The molecule has 4 heteroatoms. The van der Waals surface area contributed by atoms with E-state index in [-0.39, 0.29) is 12.1 Å². The molecule has 1 aliphatic heterocycles. The van der Waals surface area contributed by atoms with Crippen LogP contribution in [0.1, 0.15) is 39.0 Å². The first-order chi connectivity index (χ1) is 8.65. The van der Waals surface area contributed by atoms with Gasteiger partial charge in [-0.2, -0.15) is 0 Å². The molecule has 2 unspecified atom stereocenters. The van der Waals surface area contributed by atoms with E-state index >= 15 is 0 Å². The third-order valence-corrected chi connectivity index (χ3v) is 4.76. The Morgan fingerprint density at radius 2 is 1.83 bits per heavy atom. The van der Waals surface area contributed by atoms with Gasteiger partial charge in [0.25, 0.3) is 0 Å². The zero-order valence-corrected chi connectivity index (χ0v) is 11.1. The maximum atomic E-state index is 12.2. The van der Waals surface area contributed by atoms with E-state index in [0.717, 1.165) is 24.8 Å². The zero-order chi connectivity index (χ0) is 12.7. The molecule has 0 aromatic heterocycles. The molecule has 18 heavy (non-hydrogen) atoms. The molecule has 2 amide bonds. The molecular weight excluding hydrogens is 228 g/mol. The summed E-state index contributed by atoms with van der Waals surface area (Å²) in [5.41, 5.74) is 0. The molecule has 2 saturated carbocycles. The van der Waals surface area contributed by atoms with Crippen LogP contribution in [0.15, 0.2) is 0 Å². The van der Waals surface area contributed by atoms with Crippen LogP contribution in [-0.4, -0.2) is 41.3 Å². The summed E-state index contributed by atoms with van der Waals surface area (Å²) in [6.45, 7) is 3.33. The van der Waals surface area contributed by atoms with Crippen molar-refractivity contribution in [2.75, 3.05) is 13.1 Å². The summed E-state index contributed by atoms with van der Waals surface area (Å²) in [6, 6.07) is 0.457. The molecule has 0 bridgehead atoms. The van der Waals surface area contributed by atoms with Crippen LogP contribution in [0.4, 0.5) is 4.79 Å². The van der Waals surface area contributed by atoms with E-state index in [1.807, 2.05) is 0 Å². The van der Waals surface area contributed by atoms with Crippen molar-refractivity contribution in [1.29, 1.82) is 0 Å².